The van der Waals surface area contributed by atoms with Gasteiger partial charge in [-0.3, -0.25) is 9.59 Å². The van der Waals surface area contributed by atoms with Crippen LogP contribution in [-0.4, -0.2) is 41.3 Å². The number of rotatable bonds is 7. The zero-order chi connectivity index (χ0) is 25.8. The first kappa shape index (κ1) is 25.0. The normalized spacial score (nSPS) is 20.3. The molecule has 1 saturated carbocycles. The summed E-state index contributed by atoms with van der Waals surface area (Å²) in [6.07, 6.45) is 3.78. The van der Waals surface area contributed by atoms with Gasteiger partial charge >= 0.3 is 0 Å². The number of methoxy groups -OCH3 is 1. The Balaban J connectivity index is 1.53. The highest BCUT2D eigenvalue weighted by molar-refractivity contribution is 5.90. The van der Waals surface area contributed by atoms with E-state index in [0.717, 1.165) is 48.1 Å². The van der Waals surface area contributed by atoms with Gasteiger partial charge in [-0.05, 0) is 66.6 Å². The van der Waals surface area contributed by atoms with Crippen molar-refractivity contribution in [2.45, 2.75) is 50.7 Å². The van der Waals surface area contributed by atoms with Gasteiger partial charge in [0.05, 0.1) is 13.2 Å². The van der Waals surface area contributed by atoms with Crippen LogP contribution in [0.2, 0.25) is 0 Å². The van der Waals surface area contributed by atoms with Crippen molar-refractivity contribution >= 4 is 11.8 Å². The second-order valence-corrected chi connectivity index (χ2v) is 10.0. The topological polar surface area (TPSA) is 49.9 Å². The van der Waals surface area contributed by atoms with Crippen LogP contribution < -0.4 is 4.74 Å². The van der Waals surface area contributed by atoms with Crippen LogP contribution in [0.4, 0.5) is 4.39 Å². The molecule has 2 atom stereocenters. The summed E-state index contributed by atoms with van der Waals surface area (Å²) in [7, 11) is 1.63. The van der Waals surface area contributed by atoms with Crippen LogP contribution in [0.1, 0.15) is 48.4 Å². The quantitative estimate of drug-likeness (QED) is 0.428. The van der Waals surface area contributed by atoms with Gasteiger partial charge < -0.3 is 14.5 Å². The fourth-order valence-electron chi connectivity index (χ4n) is 5.26. The van der Waals surface area contributed by atoms with Crippen molar-refractivity contribution in [3.05, 3.63) is 101 Å². The third-order valence-electron chi connectivity index (χ3n) is 7.45. The van der Waals surface area contributed by atoms with Crippen molar-refractivity contribution in [1.82, 2.24) is 9.80 Å². The van der Waals surface area contributed by atoms with Crippen molar-refractivity contribution < 1.29 is 18.7 Å². The van der Waals surface area contributed by atoms with Gasteiger partial charge in [0.2, 0.25) is 11.8 Å². The number of carbonyl (C=O) groups is 2. The van der Waals surface area contributed by atoms with E-state index in [0.29, 0.717) is 19.5 Å². The average Bonchev–Trinajstić information content (AvgIpc) is 3.78. The first-order valence-corrected chi connectivity index (χ1v) is 13.1. The van der Waals surface area contributed by atoms with E-state index >= 15 is 0 Å². The zero-order valence-corrected chi connectivity index (χ0v) is 21.2. The summed E-state index contributed by atoms with van der Waals surface area (Å²) in [6, 6.07) is 23.3. The Hall–Kier alpha value is -3.67. The van der Waals surface area contributed by atoms with Gasteiger partial charge in [0, 0.05) is 25.4 Å². The Morgan fingerprint density at radius 1 is 0.919 bits per heavy atom. The molecular weight excluding hydrogens is 467 g/mol. The van der Waals surface area contributed by atoms with Gasteiger partial charge in [-0.15, -0.1) is 0 Å². The molecule has 37 heavy (non-hydrogen) atoms. The van der Waals surface area contributed by atoms with Crippen LogP contribution in [0.25, 0.3) is 0 Å². The molecule has 0 N–H and O–H groups in total. The molecule has 0 bridgehead atoms. The standard InChI is InChI=1S/C31H33FN2O3/c1-37-27-17-13-24(14-18-27)28-8-5-19-33(30(35)25-11-12-25)29(20-22-6-3-2-4-7-22)31(36)34(28)21-23-9-15-26(32)16-10-23/h2-4,6-7,9-10,13-18,25,28-29H,5,8,11-12,19-21H2,1H3/t28-,29-/m1/s1. The molecule has 3 aromatic carbocycles. The molecule has 1 aliphatic carbocycles. The van der Waals surface area contributed by atoms with E-state index in [1.807, 2.05) is 64.4 Å². The predicted octanol–water partition coefficient (Wildman–Crippen LogP) is 5.55. The van der Waals surface area contributed by atoms with Crippen LogP contribution in [0.3, 0.4) is 0 Å². The summed E-state index contributed by atoms with van der Waals surface area (Å²) in [5.41, 5.74) is 2.90. The van der Waals surface area contributed by atoms with Gasteiger partial charge in [0.25, 0.3) is 0 Å². The molecule has 2 amide bonds. The first-order valence-electron chi connectivity index (χ1n) is 13.1. The van der Waals surface area contributed by atoms with E-state index in [2.05, 4.69) is 0 Å². The molecule has 0 unspecified atom stereocenters. The van der Waals surface area contributed by atoms with E-state index in [9.17, 15) is 14.0 Å². The van der Waals surface area contributed by atoms with Crippen molar-refractivity contribution in [3.63, 3.8) is 0 Å². The van der Waals surface area contributed by atoms with E-state index in [1.54, 1.807) is 19.2 Å². The van der Waals surface area contributed by atoms with Crippen molar-refractivity contribution in [1.29, 1.82) is 0 Å². The summed E-state index contributed by atoms with van der Waals surface area (Å²) in [5, 5.41) is 0. The summed E-state index contributed by atoms with van der Waals surface area (Å²) in [5.74, 6) is 0.516. The Morgan fingerprint density at radius 2 is 1.62 bits per heavy atom. The lowest BCUT2D eigenvalue weighted by atomic mass is 9.93. The van der Waals surface area contributed by atoms with Crippen LogP contribution in [0.5, 0.6) is 5.75 Å². The smallest absolute Gasteiger partial charge is 0.246 e. The molecule has 5 rings (SSSR count). The number of ether oxygens (including phenoxy) is 1. The number of nitrogens with zero attached hydrogens (tertiary/aromatic N) is 2. The SMILES string of the molecule is COc1ccc([C@H]2CCCN(C(=O)C3CC3)[C@H](Cc3ccccc3)C(=O)N2Cc2ccc(F)cc2)cc1. The third-order valence-corrected chi connectivity index (χ3v) is 7.45. The van der Waals surface area contributed by atoms with Crippen LogP contribution in [0, 0.1) is 11.7 Å². The number of carbonyl (C=O) groups excluding carboxylic acids is 2. The molecule has 0 spiro atoms. The summed E-state index contributed by atoms with van der Waals surface area (Å²) in [4.78, 5) is 31.6. The van der Waals surface area contributed by atoms with E-state index in [1.165, 1.54) is 12.1 Å². The van der Waals surface area contributed by atoms with Crippen molar-refractivity contribution in [3.8, 4) is 5.75 Å². The number of hydrogen-bond acceptors (Lipinski definition) is 3. The molecule has 3 aromatic rings. The molecule has 2 fully saturated rings. The van der Waals surface area contributed by atoms with Gasteiger partial charge in [-0.25, -0.2) is 4.39 Å². The largest absolute Gasteiger partial charge is 0.497 e. The molecule has 5 nitrogen and oxygen atoms in total. The van der Waals surface area contributed by atoms with Crippen molar-refractivity contribution in [2.75, 3.05) is 13.7 Å². The molecule has 2 aliphatic rings. The van der Waals surface area contributed by atoms with Gasteiger partial charge in [0.15, 0.2) is 0 Å². The molecule has 192 valence electrons. The second kappa shape index (κ2) is 11.2. The number of amides is 2. The monoisotopic (exact) mass is 500 g/mol. The Labute approximate surface area is 217 Å². The predicted molar refractivity (Wildman–Crippen MR) is 140 cm³/mol. The van der Waals surface area contributed by atoms with Crippen LogP contribution in [0.15, 0.2) is 78.9 Å². The first-order chi connectivity index (χ1) is 18.0. The fraction of sp³-hybridized carbons (Fsp3) is 0.355. The minimum Gasteiger partial charge on any atom is -0.497 e. The lowest BCUT2D eigenvalue weighted by Crippen LogP contribution is -2.54. The van der Waals surface area contributed by atoms with Crippen molar-refractivity contribution in [2.24, 2.45) is 5.92 Å². The second-order valence-electron chi connectivity index (χ2n) is 10.0. The lowest BCUT2D eigenvalue weighted by Gasteiger charge is -2.42. The minimum absolute atomic E-state index is 0.0356. The number of halogens is 1. The Morgan fingerprint density at radius 3 is 2.27 bits per heavy atom. The minimum atomic E-state index is -0.586. The van der Waals surface area contributed by atoms with E-state index in [4.69, 9.17) is 4.74 Å². The number of hydrogen-bond donors (Lipinski definition) is 0. The molecular formula is C31H33FN2O3. The highest BCUT2D eigenvalue weighted by Gasteiger charge is 2.42. The highest BCUT2D eigenvalue weighted by Crippen LogP contribution is 2.36. The average molecular weight is 501 g/mol. The molecule has 0 radical (unpaired) electrons. The maximum Gasteiger partial charge on any atom is 0.246 e. The van der Waals surface area contributed by atoms with E-state index in [-0.39, 0.29) is 29.6 Å². The molecule has 6 heteroatoms. The fourth-order valence-corrected chi connectivity index (χ4v) is 5.26. The Kier molecular flexibility index (Phi) is 7.54. The summed E-state index contributed by atoms with van der Waals surface area (Å²) >= 11 is 0. The Bertz CT molecular complexity index is 1210. The molecule has 1 heterocycles. The van der Waals surface area contributed by atoms with Gasteiger partial charge in [0.1, 0.15) is 17.6 Å². The van der Waals surface area contributed by atoms with Crippen LogP contribution >= 0.6 is 0 Å². The molecule has 1 saturated heterocycles. The maximum absolute atomic E-state index is 14.5. The highest BCUT2D eigenvalue weighted by atomic mass is 19.1. The summed E-state index contributed by atoms with van der Waals surface area (Å²) in [6.45, 7) is 0.905. The third kappa shape index (κ3) is 5.85. The maximum atomic E-state index is 14.5. The lowest BCUT2D eigenvalue weighted by molar-refractivity contribution is -0.150. The van der Waals surface area contributed by atoms with Gasteiger partial charge in [-0.1, -0.05) is 54.6 Å². The number of benzene rings is 3. The van der Waals surface area contributed by atoms with E-state index < -0.39 is 6.04 Å². The summed E-state index contributed by atoms with van der Waals surface area (Å²) < 4.78 is 19.0. The van der Waals surface area contributed by atoms with Gasteiger partial charge in [-0.2, -0.15) is 0 Å². The molecule has 0 aromatic heterocycles. The van der Waals surface area contributed by atoms with Crippen LogP contribution in [-0.2, 0) is 22.6 Å². The zero-order valence-electron chi connectivity index (χ0n) is 21.2. The molecule has 1 aliphatic heterocycles.